The van der Waals surface area contributed by atoms with E-state index in [0.717, 1.165) is 12.2 Å². The third-order valence-electron chi connectivity index (χ3n) is 2.33. The van der Waals surface area contributed by atoms with Crippen molar-refractivity contribution in [3.63, 3.8) is 0 Å². The predicted molar refractivity (Wildman–Crippen MR) is 66.4 cm³/mol. The van der Waals surface area contributed by atoms with E-state index in [2.05, 4.69) is 16.9 Å². The molecule has 0 bridgehead atoms. The normalized spacial score (nSPS) is 12.2. The van der Waals surface area contributed by atoms with Gasteiger partial charge in [0.25, 0.3) is 0 Å². The SMILES string of the molecule is CCCOc1cc(N(C)C(C)CCl)ncn1. The van der Waals surface area contributed by atoms with Gasteiger partial charge in [0.15, 0.2) is 0 Å². The Kier molecular flexibility index (Phi) is 5.32. The molecule has 0 aliphatic rings. The minimum Gasteiger partial charge on any atom is -0.478 e. The molecule has 0 amide bonds. The van der Waals surface area contributed by atoms with E-state index in [0.29, 0.717) is 18.4 Å². The van der Waals surface area contributed by atoms with Crippen molar-refractivity contribution in [1.82, 2.24) is 9.97 Å². The number of rotatable bonds is 6. The average Bonchev–Trinajstić information content (AvgIpc) is 2.34. The Hall–Kier alpha value is -1.03. The molecule has 1 heterocycles. The van der Waals surface area contributed by atoms with E-state index < -0.39 is 0 Å². The quantitative estimate of drug-likeness (QED) is 0.719. The Morgan fingerprint density at radius 2 is 2.25 bits per heavy atom. The summed E-state index contributed by atoms with van der Waals surface area (Å²) in [6.07, 6.45) is 2.48. The zero-order valence-electron chi connectivity index (χ0n) is 9.98. The Labute approximate surface area is 102 Å². The van der Waals surface area contributed by atoms with Crippen LogP contribution in [0.25, 0.3) is 0 Å². The van der Waals surface area contributed by atoms with Crippen LogP contribution in [0.5, 0.6) is 5.88 Å². The summed E-state index contributed by atoms with van der Waals surface area (Å²) in [5, 5.41) is 0. The molecule has 0 radical (unpaired) electrons. The highest BCUT2D eigenvalue weighted by Crippen LogP contribution is 2.16. The summed E-state index contributed by atoms with van der Waals surface area (Å²) < 4.78 is 5.45. The van der Waals surface area contributed by atoms with Crippen LogP contribution in [0.2, 0.25) is 0 Å². The lowest BCUT2D eigenvalue weighted by molar-refractivity contribution is 0.304. The number of aromatic nitrogens is 2. The van der Waals surface area contributed by atoms with Gasteiger partial charge in [0.1, 0.15) is 12.1 Å². The summed E-state index contributed by atoms with van der Waals surface area (Å²) in [6, 6.07) is 2.06. The van der Waals surface area contributed by atoms with E-state index in [1.54, 1.807) is 0 Å². The lowest BCUT2D eigenvalue weighted by atomic mass is 10.3. The fraction of sp³-hybridized carbons (Fsp3) is 0.636. The number of hydrogen-bond acceptors (Lipinski definition) is 4. The molecule has 16 heavy (non-hydrogen) atoms. The van der Waals surface area contributed by atoms with E-state index in [-0.39, 0.29) is 6.04 Å². The fourth-order valence-electron chi connectivity index (χ4n) is 1.14. The Balaban J connectivity index is 2.73. The van der Waals surface area contributed by atoms with Crippen molar-refractivity contribution >= 4 is 17.4 Å². The van der Waals surface area contributed by atoms with Crippen LogP contribution in [0.15, 0.2) is 12.4 Å². The molecule has 0 saturated heterocycles. The minimum atomic E-state index is 0.232. The fourth-order valence-corrected chi connectivity index (χ4v) is 1.34. The summed E-state index contributed by atoms with van der Waals surface area (Å²) in [7, 11) is 1.96. The number of anilines is 1. The molecule has 0 saturated carbocycles. The van der Waals surface area contributed by atoms with Gasteiger partial charge < -0.3 is 9.64 Å². The molecule has 4 nitrogen and oxygen atoms in total. The predicted octanol–water partition coefficient (Wildman–Crippen LogP) is 2.33. The summed E-state index contributed by atoms with van der Waals surface area (Å²) >= 11 is 5.80. The number of ether oxygens (including phenoxy) is 1. The van der Waals surface area contributed by atoms with Gasteiger partial charge in [-0.1, -0.05) is 6.92 Å². The van der Waals surface area contributed by atoms with Crippen LogP contribution in [0.4, 0.5) is 5.82 Å². The summed E-state index contributed by atoms with van der Waals surface area (Å²) in [5.41, 5.74) is 0. The number of alkyl halides is 1. The highest BCUT2D eigenvalue weighted by molar-refractivity contribution is 6.18. The zero-order valence-corrected chi connectivity index (χ0v) is 10.7. The molecule has 5 heteroatoms. The van der Waals surface area contributed by atoms with E-state index in [1.165, 1.54) is 6.33 Å². The van der Waals surface area contributed by atoms with Gasteiger partial charge in [-0.05, 0) is 13.3 Å². The topological polar surface area (TPSA) is 38.2 Å². The maximum Gasteiger partial charge on any atom is 0.218 e. The van der Waals surface area contributed by atoms with Gasteiger partial charge in [-0.15, -0.1) is 11.6 Å². The lowest BCUT2D eigenvalue weighted by Crippen LogP contribution is -2.30. The van der Waals surface area contributed by atoms with Crippen molar-refractivity contribution in [2.24, 2.45) is 0 Å². The Morgan fingerprint density at radius 3 is 2.88 bits per heavy atom. The van der Waals surface area contributed by atoms with Crippen LogP contribution < -0.4 is 9.64 Å². The van der Waals surface area contributed by atoms with Gasteiger partial charge in [0.05, 0.1) is 6.61 Å². The summed E-state index contributed by atoms with van der Waals surface area (Å²) in [6.45, 7) is 4.77. The molecule has 0 aromatic carbocycles. The standard InChI is InChI=1S/C11H18ClN3O/c1-4-5-16-11-6-10(13-8-14-11)15(3)9(2)7-12/h6,8-9H,4-5,7H2,1-3H3. The monoisotopic (exact) mass is 243 g/mol. The van der Waals surface area contributed by atoms with Crippen molar-refractivity contribution in [3.05, 3.63) is 12.4 Å². The van der Waals surface area contributed by atoms with Gasteiger partial charge in [-0.2, -0.15) is 0 Å². The molecule has 0 N–H and O–H groups in total. The number of nitrogens with zero attached hydrogens (tertiary/aromatic N) is 3. The largest absolute Gasteiger partial charge is 0.478 e. The van der Waals surface area contributed by atoms with Crippen LogP contribution in [0.1, 0.15) is 20.3 Å². The van der Waals surface area contributed by atoms with Gasteiger partial charge >= 0.3 is 0 Å². The van der Waals surface area contributed by atoms with Crippen LogP contribution in [-0.4, -0.2) is 35.5 Å². The first-order chi connectivity index (χ1) is 7.69. The first kappa shape index (κ1) is 13.0. The molecule has 1 atom stereocenters. The molecular weight excluding hydrogens is 226 g/mol. The summed E-state index contributed by atoms with van der Waals surface area (Å²) in [4.78, 5) is 10.3. The third-order valence-corrected chi connectivity index (χ3v) is 2.77. The maximum atomic E-state index is 5.80. The third kappa shape index (κ3) is 3.52. The van der Waals surface area contributed by atoms with Gasteiger partial charge in [0.2, 0.25) is 5.88 Å². The molecule has 1 aromatic heterocycles. The molecule has 0 aliphatic carbocycles. The first-order valence-electron chi connectivity index (χ1n) is 5.42. The Bertz CT molecular complexity index is 322. The van der Waals surface area contributed by atoms with Crippen LogP contribution in [-0.2, 0) is 0 Å². The molecule has 1 aromatic rings. The van der Waals surface area contributed by atoms with Crippen molar-refractivity contribution in [2.45, 2.75) is 26.3 Å². The molecular formula is C11H18ClN3O. The number of hydrogen-bond donors (Lipinski definition) is 0. The van der Waals surface area contributed by atoms with E-state index >= 15 is 0 Å². The number of halogens is 1. The molecule has 0 spiro atoms. The average molecular weight is 244 g/mol. The van der Waals surface area contributed by atoms with E-state index in [9.17, 15) is 0 Å². The minimum absolute atomic E-state index is 0.232. The molecule has 0 fully saturated rings. The van der Waals surface area contributed by atoms with Crippen LogP contribution in [0, 0.1) is 0 Å². The highest BCUT2D eigenvalue weighted by Gasteiger charge is 2.11. The second-order valence-electron chi connectivity index (χ2n) is 3.68. The van der Waals surface area contributed by atoms with Crippen molar-refractivity contribution in [2.75, 3.05) is 24.4 Å². The zero-order chi connectivity index (χ0) is 12.0. The molecule has 1 unspecified atom stereocenters. The van der Waals surface area contributed by atoms with Gasteiger partial charge in [-0.3, -0.25) is 0 Å². The first-order valence-corrected chi connectivity index (χ1v) is 5.96. The van der Waals surface area contributed by atoms with Crippen molar-refractivity contribution < 1.29 is 4.74 Å². The van der Waals surface area contributed by atoms with Crippen LogP contribution in [0.3, 0.4) is 0 Å². The van der Waals surface area contributed by atoms with Crippen molar-refractivity contribution in [1.29, 1.82) is 0 Å². The van der Waals surface area contributed by atoms with Gasteiger partial charge in [-0.25, -0.2) is 9.97 Å². The maximum absolute atomic E-state index is 5.80. The molecule has 1 rings (SSSR count). The van der Waals surface area contributed by atoms with Crippen LogP contribution >= 0.6 is 11.6 Å². The smallest absolute Gasteiger partial charge is 0.218 e. The Morgan fingerprint density at radius 1 is 1.50 bits per heavy atom. The van der Waals surface area contributed by atoms with Crippen molar-refractivity contribution in [3.8, 4) is 5.88 Å². The second kappa shape index (κ2) is 6.53. The highest BCUT2D eigenvalue weighted by atomic mass is 35.5. The van der Waals surface area contributed by atoms with Gasteiger partial charge in [0, 0.05) is 25.0 Å². The second-order valence-corrected chi connectivity index (χ2v) is 3.99. The molecule has 90 valence electrons. The lowest BCUT2D eigenvalue weighted by Gasteiger charge is -2.24. The molecule has 0 aliphatic heterocycles. The van der Waals surface area contributed by atoms with E-state index in [1.807, 2.05) is 24.9 Å². The summed E-state index contributed by atoms with van der Waals surface area (Å²) in [5.74, 6) is 2.00. The van der Waals surface area contributed by atoms with E-state index in [4.69, 9.17) is 16.3 Å².